The minimum absolute atomic E-state index is 0.0708. The summed E-state index contributed by atoms with van der Waals surface area (Å²) in [6.45, 7) is 5.42. The lowest BCUT2D eigenvalue weighted by Crippen LogP contribution is -2.22. The van der Waals surface area contributed by atoms with Crippen LogP contribution in [0.15, 0.2) is 36.4 Å². The minimum Gasteiger partial charge on any atom is -0.454 e. The number of fused-ring (bicyclic) bond motifs is 1. The Kier molecular flexibility index (Phi) is 3.64. The Bertz CT molecular complexity index is 526. The van der Waals surface area contributed by atoms with Gasteiger partial charge in [-0.15, -0.1) is 0 Å². The second-order valence-corrected chi connectivity index (χ2v) is 6.22. The van der Waals surface area contributed by atoms with Crippen LogP contribution >= 0.6 is 0 Å². The van der Waals surface area contributed by atoms with Crippen LogP contribution in [0.1, 0.15) is 49.8 Å². The molecule has 3 rings (SSSR count). The lowest BCUT2D eigenvalue weighted by molar-refractivity contribution is -0.147. The van der Waals surface area contributed by atoms with Crippen molar-refractivity contribution < 1.29 is 9.53 Å². The number of carbonyl (C=O) groups is 1. The lowest BCUT2D eigenvalue weighted by atomic mass is 9.86. The molecule has 1 aromatic rings. The molecular formula is C18H22O2. The summed E-state index contributed by atoms with van der Waals surface area (Å²) in [7, 11) is 0. The van der Waals surface area contributed by atoms with Gasteiger partial charge in [0.15, 0.2) is 0 Å². The van der Waals surface area contributed by atoms with E-state index in [4.69, 9.17) is 4.74 Å². The Morgan fingerprint density at radius 3 is 2.65 bits per heavy atom. The molecule has 0 saturated heterocycles. The number of hydrogen-bond acceptors (Lipinski definition) is 2. The molecule has 0 amide bonds. The van der Waals surface area contributed by atoms with Crippen LogP contribution in [0.4, 0.5) is 0 Å². The average molecular weight is 270 g/mol. The van der Waals surface area contributed by atoms with Crippen LogP contribution in [0.5, 0.6) is 0 Å². The standard InChI is InChI=1S/C18H22O2/c1-12(2)18(19)20-17-15-10-6-5-9-14(15)11-16(17)13-7-3-4-8-13/h5-6,9-10,13,16-17H,1,3-4,7-8,11H2,2H3. The van der Waals surface area contributed by atoms with Gasteiger partial charge in [0.25, 0.3) is 0 Å². The zero-order valence-electron chi connectivity index (χ0n) is 12.1. The third-order valence-corrected chi connectivity index (χ3v) is 4.79. The molecular weight excluding hydrogens is 248 g/mol. The van der Waals surface area contributed by atoms with Crippen LogP contribution in [0.25, 0.3) is 0 Å². The first-order valence-electron chi connectivity index (χ1n) is 7.61. The van der Waals surface area contributed by atoms with Gasteiger partial charge in [-0.05, 0) is 30.4 Å². The zero-order chi connectivity index (χ0) is 14.1. The maximum Gasteiger partial charge on any atom is 0.333 e. The summed E-state index contributed by atoms with van der Waals surface area (Å²) in [6, 6.07) is 8.40. The molecule has 1 fully saturated rings. The Labute approximate surface area is 120 Å². The first kappa shape index (κ1) is 13.4. The van der Waals surface area contributed by atoms with E-state index in [1.165, 1.54) is 36.8 Å². The molecule has 2 aliphatic rings. The van der Waals surface area contributed by atoms with E-state index in [1.807, 2.05) is 6.07 Å². The van der Waals surface area contributed by atoms with E-state index in [-0.39, 0.29) is 12.1 Å². The third-order valence-electron chi connectivity index (χ3n) is 4.79. The molecule has 2 nitrogen and oxygen atoms in total. The maximum absolute atomic E-state index is 11.9. The highest BCUT2D eigenvalue weighted by Gasteiger charge is 2.40. The number of benzene rings is 1. The summed E-state index contributed by atoms with van der Waals surface area (Å²) in [5.41, 5.74) is 3.04. The van der Waals surface area contributed by atoms with E-state index in [0.717, 1.165) is 6.42 Å². The highest BCUT2D eigenvalue weighted by Crippen LogP contribution is 2.47. The van der Waals surface area contributed by atoms with Crippen molar-refractivity contribution in [3.05, 3.63) is 47.5 Å². The molecule has 0 aromatic heterocycles. The molecule has 0 bridgehead atoms. The van der Waals surface area contributed by atoms with Gasteiger partial charge in [0.2, 0.25) is 0 Å². The van der Waals surface area contributed by atoms with Crippen molar-refractivity contribution in [2.75, 3.05) is 0 Å². The molecule has 106 valence electrons. The largest absolute Gasteiger partial charge is 0.454 e. The Hall–Kier alpha value is -1.57. The molecule has 0 aliphatic heterocycles. The topological polar surface area (TPSA) is 26.3 Å². The van der Waals surface area contributed by atoms with E-state index >= 15 is 0 Å². The van der Waals surface area contributed by atoms with Crippen LogP contribution in [-0.4, -0.2) is 5.97 Å². The fourth-order valence-corrected chi connectivity index (χ4v) is 3.76. The molecule has 0 spiro atoms. The van der Waals surface area contributed by atoms with Crippen LogP contribution in [-0.2, 0) is 16.0 Å². The summed E-state index contributed by atoms with van der Waals surface area (Å²) in [4.78, 5) is 11.9. The van der Waals surface area contributed by atoms with E-state index in [1.54, 1.807) is 6.92 Å². The summed E-state index contributed by atoms with van der Waals surface area (Å²) in [5.74, 6) is 0.901. The van der Waals surface area contributed by atoms with Crippen LogP contribution in [0.2, 0.25) is 0 Å². The fourth-order valence-electron chi connectivity index (χ4n) is 3.76. The van der Waals surface area contributed by atoms with Crippen molar-refractivity contribution in [2.45, 2.75) is 45.1 Å². The number of ether oxygens (including phenoxy) is 1. The van der Waals surface area contributed by atoms with Crippen molar-refractivity contribution in [1.82, 2.24) is 0 Å². The predicted octanol–water partition coefficient (Wildman–Crippen LogP) is 4.21. The Balaban J connectivity index is 1.87. The summed E-state index contributed by atoms with van der Waals surface area (Å²) >= 11 is 0. The highest BCUT2D eigenvalue weighted by atomic mass is 16.5. The Morgan fingerprint density at radius 1 is 1.25 bits per heavy atom. The van der Waals surface area contributed by atoms with Gasteiger partial charge in [-0.3, -0.25) is 0 Å². The monoisotopic (exact) mass is 270 g/mol. The zero-order valence-corrected chi connectivity index (χ0v) is 12.1. The molecule has 1 aromatic carbocycles. The fraction of sp³-hybridized carbons (Fsp3) is 0.500. The normalized spacial score (nSPS) is 25.4. The molecule has 2 unspecified atom stereocenters. The van der Waals surface area contributed by atoms with Gasteiger partial charge < -0.3 is 4.74 Å². The van der Waals surface area contributed by atoms with E-state index in [0.29, 0.717) is 17.4 Å². The number of hydrogen-bond donors (Lipinski definition) is 0. The van der Waals surface area contributed by atoms with Crippen LogP contribution < -0.4 is 0 Å². The van der Waals surface area contributed by atoms with Gasteiger partial charge >= 0.3 is 5.97 Å². The second kappa shape index (κ2) is 5.43. The average Bonchev–Trinajstić information content (AvgIpc) is 3.06. The molecule has 0 radical (unpaired) electrons. The van der Waals surface area contributed by atoms with E-state index in [2.05, 4.69) is 24.8 Å². The van der Waals surface area contributed by atoms with Gasteiger partial charge in [0.05, 0.1) is 0 Å². The van der Waals surface area contributed by atoms with Gasteiger partial charge in [0.1, 0.15) is 6.10 Å². The van der Waals surface area contributed by atoms with Crippen molar-refractivity contribution in [2.24, 2.45) is 11.8 Å². The van der Waals surface area contributed by atoms with Gasteiger partial charge in [-0.25, -0.2) is 4.79 Å². The van der Waals surface area contributed by atoms with Crippen molar-refractivity contribution in [3.63, 3.8) is 0 Å². The Morgan fingerprint density at radius 2 is 1.95 bits per heavy atom. The van der Waals surface area contributed by atoms with Crippen molar-refractivity contribution in [1.29, 1.82) is 0 Å². The molecule has 1 saturated carbocycles. The maximum atomic E-state index is 11.9. The van der Waals surface area contributed by atoms with Crippen molar-refractivity contribution >= 4 is 5.97 Å². The third kappa shape index (κ3) is 2.39. The molecule has 0 heterocycles. The molecule has 2 aliphatic carbocycles. The summed E-state index contributed by atoms with van der Waals surface area (Å²) < 4.78 is 5.79. The molecule has 2 atom stereocenters. The molecule has 0 N–H and O–H groups in total. The van der Waals surface area contributed by atoms with Crippen molar-refractivity contribution in [3.8, 4) is 0 Å². The summed E-state index contributed by atoms with van der Waals surface area (Å²) in [5, 5.41) is 0. The van der Waals surface area contributed by atoms with E-state index in [9.17, 15) is 4.79 Å². The lowest BCUT2D eigenvalue weighted by Gasteiger charge is -2.26. The quantitative estimate of drug-likeness (QED) is 0.607. The van der Waals surface area contributed by atoms with Crippen LogP contribution in [0, 0.1) is 11.8 Å². The molecule has 20 heavy (non-hydrogen) atoms. The SMILES string of the molecule is C=C(C)C(=O)OC1c2ccccc2CC1C1CCCC1. The number of rotatable bonds is 3. The molecule has 2 heteroatoms. The predicted molar refractivity (Wildman–Crippen MR) is 79.2 cm³/mol. The number of carbonyl (C=O) groups excluding carboxylic acids is 1. The summed E-state index contributed by atoms with van der Waals surface area (Å²) in [6.07, 6.45) is 6.17. The first-order valence-corrected chi connectivity index (χ1v) is 7.61. The van der Waals surface area contributed by atoms with Gasteiger partial charge in [-0.2, -0.15) is 0 Å². The van der Waals surface area contributed by atoms with Crippen LogP contribution in [0.3, 0.4) is 0 Å². The first-order chi connectivity index (χ1) is 9.66. The highest BCUT2D eigenvalue weighted by molar-refractivity contribution is 5.87. The number of esters is 1. The van der Waals surface area contributed by atoms with E-state index < -0.39 is 0 Å². The smallest absolute Gasteiger partial charge is 0.333 e. The van der Waals surface area contributed by atoms with Gasteiger partial charge in [-0.1, -0.05) is 56.5 Å². The van der Waals surface area contributed by atoms with Gasteiger partial charge in [0, 0.05) is 11.5 Å². The minimum atomic E-state index is -0.255. The second-order valence-electron chi connectivity index (χ2n) is 6.22.